The summed E-state index contributed by atoms with van der Waals surface area (Å²) in [6, 6.07) is 7.62. The normalized spacial score (nSPS) is 28.3. The molecule has 0 amide bonds. The number of nitrogens with one attached hydrogen (secondary N) is 1. The van der Waals surface area contributed by atoms with E-state index in [2.05, 4.69) is 13.8 Å². The second kappa shape index (κ2) is 8.27. The van der Waals surface area contributed by atoms with Gasteiger partial charge in [-0.1, -0.05) is 23.7 Å². The lowest BCUT2D eigenvalue weighted by atomic mass is 10.1. The Balaban J connectivity index is 1.75. The highest BCUT2D eigenvalue weighted by Crippen LogP contribution is 2.19. The van der Waals surface area contributed by atoms with Crippen molar-refractivity contribution in [2.75, 3.05) is 26.2 Å². The first kappa shape index (κ1) is 17.7. The Labute approximate surface area is 138 Å². The summed E-state index contributed by atoms with van der Waals surface area (Å²) in [4.78, 5) is 1.38. The maximum atomic E-state index is 10.2. The highest BCUT2D eigenvalue weighted by atomic mass is 35.5. The van der Waals surface area contributed by atoms with Crippen LogP contribution < -0.4 is 4.90 Å². The third-order valence-corrected chi connectivity index (χ3v) is 4.27. The van der Waals surface area contributed by atoms with E-state index >= 15 is 0 Å². The predicted octanol–water partition coefficient (Wildman–Crippen LogP) is 1.47. The van der Waals surface area contributed by atoms with Crippen molar-refractivity contribution in [3.63, 3.8) is 0 Å². The SMILES string of the molecule is C[C@H](OC[C@@H](O)C[NH+]1C[C@H](C)O[C@@H](C)C1)c1ccc(Cl)cc1. The number of hydrogen-bond donors (Lipinski definition) is 2. The molecule has 1 saturated heterocycles. The number of halogens is 1. The molecule has 4 atom stereocenters. The molecule has 0 radical (unpaired) electrons. The fourth-order valence-electron chi connectivity index (χ4n) is 3.03. The lowest BCUT2D eigenvalue weighted by Gasteiger charge is -2.33. The second-order valence-corrected chi connectivity index (χ2v) is 6.74. The number of hydrogen-bond acceptors (Lipinski definition) is 3. The molecule has 1 fully saturated rings. The molecule has 124 valence electrons. The van der Waals surface area contributed by atoms with Gasteiger partial charge in [0.1, 0.15) is 37.9 Å². The van der Waals surface area contributed by atoms with Crippen LogP contribution in [0.5, 0.6) is 0 Å². The Kier molecular flexibility index (Phi) is 6.66. The van der Waals surface area contributed by atoms with Crippen molar-refractivity contribution in [2.45, 2.75) is 45.2 Å². The molecule has 1 aliphatic rings. The number of aliphatic hydroxyl groups is 1. The average Bonchev–Trinajstić information content (AvgIpc) is 2.44. The summed E-state index contributed by atoms with van der Waals surface area (Å²) in [5, 5.41) is 10.9. The number of quaternary nitrogens is 1. The number of ether oxygens (including phenoxy) is 2. The summed E-state index contributed by atoms with van der Waals surface area (Å²) in [6.45, 7) is 9.08. The van der Waals surface area contributed by atoms with E-state index in [1.165, 1.54) is 4.90 Å². The van der Waals surface area contributed by atoms with Crippen LogP contribution in [0.25, 0.3) is 0 Å². The highest BCUT2D eigenvalue weighted by molar-refractivity contribution is 6.30. The first-order valence-electron chi connectivity index (χ1n) is 7.98. The molecule has 2 N–H and O–H groups in total. The largest absolute Gasteiger partial charge is 0.385 e. The molecule has 0 aromatic heterocycles. The summed E-state index contributed by atoms with van der Waals surface area (Å²) in [7, 11) is 0. The molecule has 0 aliphatic carbocycles. The van der Waals surface area contributed by atoms with E-state index in [9.17, 15) is 5.11 Å². The second-order valence-electron chi connectivity index (χ2n) is 6.30. The summed E-state index contributed by atoms with van der Waals surface area (Å²) in [5.41, 5.74) is 1.07. The van der Waals surface area contributed by atoms with Crippen molar-refractivity contribution < 1.29 is 19.5 Å². The van der Waals surface area contributed by atoms with Crippen molar-refractivity contribution in [3.05, 3.63) is 34.9 Å². The van der Waals surface area contributed by atoms with E-state index in [1.54, 1.807) is 0 Å². The van der Waals surface area contributed by atoms with Gasteiger partial charge < -0.3 is 19.5 Å². The number of rotatable bonds is 6. The van der Waals surface area contributed by atoms with Gasteiger partial charge in [-0.3, -0.25) is 0 Å². The van der Waals surface area contributed by atoms with Crippen LogP contribution in [-0.2, 0) is 9.47 Å². The van der Waals surface area contributed by atoms with E-state index in [4.69, 9.17) is 21.1 Å². The molecular formula is C17H27ClNO3+. The summed E-state index contributed by atoms with van der Waals surface area (Å²) < 4.78 is 11.5. The van der Waals surface area contributed by atoms with Crippen LogP contribution in [0.2, 0.25) is 5.02 Å². The maximum Gasteiger partial charge on any atom is 0.126 e. The van der Waals surface area contributed by atoms with Crippen LogP contribution in [0, 0.1) is 0 Å². The molecule has 5 heteroatoms. The quantitative estimate of drug-likeness (QED) is 0.831. The van der Waals surface area contributed by atoms with Gasteiger partial charge in [-0.05, 0) is 38.5 Å². The minimum absolute atomic E-state index is 0.0514. The Morgan fingerprint density at radius 2 is 1.86 bits per heavy atom. The smallest absolute Gasteiger partial charge is 0.126 e. The minimum Gasteiger partial charge on any atom is -0.385 e. The van der Waals surface area contributed by atoms with Gasteiger partial charge in [0.25, 0.3) is 0 Å². The van der Waals surface area contributed by atoms with Crippen molar-refractivity contribution in [3.8, 4) is 0 Å². The molecule has 4 nitrogen and oxygen atoms in total. The third-order valence-electron chi connectivity index (χ3n) is 4.02. The standard InChI is InChI=1S/C17H26ClNO3/c1-12-8-19(9-13(2)22-12)10-17(20)11-21-14(3)15-4-6-16(18)7-5-15/h4-7,12-14,17,20H,8-11H2,1-3H3/p+1/t12-,13-,14-,17-/m0/s1. The van der Waals surface area contributed by atoms with Crippen molar-refractivity contribution >= 4 is 11.6 Å². The van der Waals surface area contributed by atoms with Gasteiger partial charge >= 0.3 is 0 Å². The van der Waals surface area contributed by atoms with Crippen LogP contribution in [0.15, 0.2) is 24.3 Å². The Morgan fingerprint density at radius 3 is 2.45 bits per heavy atom. The van der Waals surface area contributed by atoms with Gasteiger partial charge in [0, 0.05) is 5.02 Å². The first-order chi connectivity index (χ1) is 10.4. The average molecular weight is 329 g/mol. The van der Waals surface area contributed by atoms with E-state index in [-0.39, 0.29) is 18.3 Å². The third kappa shape index (κ3) is 5.52. The predicted molar refractivity (Wildman–Crippen MR) is 87.4 cm³/mol. The molecule has 2 rings (SSSR count). The molecule has 1 aromatic carbocycles. The monoisotopic (exact) mass is 328 g/mol. The zero-order chi connectivity index (χ0) is 16.1. The first-order valence-corrected chi connectivity index (χ1v) is 8.36. The maximum absolute atomic E-state index is 10.2. The van der Waals surface area contributed by atoms with Gasteiger partial charge in [-0.15, -0.1) is 0 Å². The number of benzene rings is 1. The molecule has 1 aliphatic heterocycles. The zero-order valence-corrected chi connectivity index (χ0v) is 14.3. The van der Waals surface area contributed by atoms with Crippen LogP contribution in [-0.4, -0.2) is 49.7 Å². The summed E-state index contributed by atoms with van der Waals surface area (Å²) in [5.74, 6) is 0. The number of morpholine rings is 1. The fraction of sp³-hybridized carbons (Fsp3) is 0.647. The van der Waals surface area contributed by atoms with Crippen molar-refractivity contribution in [1.29, 1.82) is 0 Å². The lowest BCUT2D eigenvalue weighted by Crippen LogP contribution is -3.16. The van der Waals surface area contributed by atoms with Crippen LogP contribution in [0.3, 0.4) is 0 Å². The molecule has 1 heterocycles. The van der Waals surface area contributed by atoms with Crippen LogP contribution >= 0.6 is 11.6 Å². The van der Waals surface area contributed by atoms with Crippen LogP contribution in [0.4, 0.5) is 0 Å². The Morgan fingerprint density at radius 1 is 1.27 bits per heavy atom. The summed E-state index contributed by atoms with van der Waals surface area (Å²) >= 11 is 5.88. The van der Waals surface area contributed by atoms with E-state index in [0.29, 0.717) is 13.2 Å². The Hall–Kier alpha value is -0.650. The molecule has 0 bridgehead atoms. The van der Waals surface area contributed by atoms with Crippen molar-refractivity contribution in [1.82, 2.24) is 0 Å². The molecule has 0 spiro atoms. The highest BCUT2D eigenvalue weighted by Gasteiger charge is 2.27. The zero-order valence-electron chi connectivity index (χ0n) is 13.6. The van der Waals surface area contributed by atoms with Gasteiger partial charge in [0.15, 0.2) is 0 Å². The minimum atomic E-state index is -0.456. The van der Waals surface area contributed by atoms with Crippen LogP contribution in [0.1, 0.15) is 32.4 Å². The Bertz CT molecular complexity index is 444. The summed E-state index contributed by atoms with van der Waals surface area (Å²) in [6.07, 6.45) is -0.00794. The molecular weight excluding hydrogens is 302 g/mol. The van der Waals surface area contributed by atoms with E-state index < -0.39 is 6.10 Å². The van der Waals surface area contributed by atoms with Gasteiger partial charge in [0.2, 0.25) is 0 Å². The van der Waals surface area contributed by atoms with Gasteiger partial charge in [-0.2, -0.15) is 0 Å². The molecule has 22 heavy (non-hydrogen) atoms. The van der Waals surface area contributed by atoms with E-state index in [1.807, 2.05) is 31.2 Å². The number of aliphatic hydroxyl groups excluding tert-OH is 1. The van der Waals surface area contributed by atoms with Crippen molar-refractivity contribution in [2.24, 2.45) is 0 Å². The van der Waals surface area contributed by atoms with Gasteiger partial charge in [0.05, 0.1) is 12.7 Å². The van der Waals surface area contributed by atoms with Gasteiger partial charge in [-0.25, -0.2) is 0 Å². The lowest BCUT2D eigenvalue weighted by molar-refractivity contribution is -0.918. The molecule has 1 aromatic rings. The van der Waals surface area contributed by atoms with E-state index in [0.717, 1.165) is 23.7 Å². The molecule has 0 saturated carbocycles. The topological polar surface area (TPSA) is 43.1 Å². The molecule has 0 unspecified atom stereocenters. The fourth-order valence-corrected chi connectivity index (χ4v) is 3.16.